The Kier molecular flexibility index (Phi) is 6.74. The third-order valence-electron chi connectivity index (χ3n) is 5.47. The highest BCUT2D eigenvalue weighted by atomic mass is 32.2. The first-order valence-electron chi connectivity index (χ1n) is 11.0. The molecule has 0 spiro atoms. The Morgan fingerprint density at radius 1 is 1.06 bits per heavy atom. The second-order valence-electron chi connectivity index (χ2n) is 8.31. The first-order valence-corrected chi connectivity index (χ1v) is 12.4. The summed E-state index contributed by atoms with van der Waals surface area (Å²) >= 11 is 0. The van der Waals surface area contributed by atoms with Gasteiger partial charge < -0.3 is 14.6 Å². The molecule has 0 amide bonds. The number of rotatable bonds is 9. The molecule has 1 unspecified atom stereocenters. The number of carboxylic acid groups (broad SMARTS) is 1. The maximum absolute atomic E-state index is 13.5. The summed E-state index contributed by atoms with van der Waals surface area (Å²) in [4.78, 5) is 15.2. The first kappa shape index (κ1) is 23.6. The molecular weight excluding hydrogens is 456 g/mol. The number of hydrogen-bond donors (Lipinski definition) is 1. The molecule has 4 rings (SSSR count). The van der Waals surface area contributed by atoms with Gasteiger partial charge in [0.25, 0.3) is 10.0 Å². The van der Waals surface area contributed by atoms with Gasteiger partial charge in [0.15, 0.2) is 0 Å². The lowest BCUT2D eigenvalue weighted by Crippen LogP contribution is -2.30. The molecule has 9 heteroatoms. The molecule has 8 nitrogen and oxygen atoms in total. The normalized spacial score (nSPS) is 15.3. The molecule has 1 atom stereocenters. The molecule has 0 fully saturated rings. The zero-order valence-corrected chi connectivity index (χ0v) is 19.7. The summed E-state index contributed by atoms with van der Waals surface area (Å²) in [5.41, 5.74) is 1.32. The number of sulfonamides is 1. The van der Waals surface area contributed by atoms with E-state index in [1.807, 2.05) is 19.9 Å². The maximum atomic E-state index is 13.5. The fourth-order valence-electron chi connectivity index (χ4n) is 3.95. The van der Waals surface area contributed by atoms with Crippen LogP contribution in [-0.4, -0.2) is 37.1 Å². The predicted octanol–water partition coefficient (Wildman–Crippen LogP) is 4.82. The van der Waals surface area contributed by atoms with Gasteiger partial charge in [-0.1, -0.05) is 0 Å². The average Bonchev–Trinajstić information content (AvgIpc) is 3.17. The molecule has 1 aliphatic rings. The van der Waals surface area contributed by atoms with Gasteiger partial charge in [-0.15, -0.1) is 0 Å². The summed E-state index contributed by atoms with van der Waals surface area (Å²) in [6, 6.07) is 14.9. The van der Waals surface area contributed by atoms with Gasteiger partial charge in [-0.05, 0) is 80.4 Å². The van der Waals surface area contributed by atoms with Crippen LogP contribution in [0, 0.1) is 0 Å². The van der Waals surface area contributed by atoms with Crippen molar-refractivity contribution < 1.29 is 27.8 Å². The lowest BCUT2D eigenvalue weighted by atomic mass is 9.96. The van der Waals surface area contributed by atoms with Gasteiger partial charge in [0.2, 0.25) is 0 Å². The van der Waals surface area contributed by atoms with Crippen LogP contribution in [0.1, 0.15) is 38.2 Å². The molecule has 0 saturated heterocycles. The highest BCUT2D eigenvalue weighted by molar-refractivity contribution is 7.92. The van der Waals surface area contributed by atoms with E-state index in [0.717, 1.165) is 5.56 Å². The largest absolute Gasteiger partial charge is 0.491 e. The average molecular weight is 483 g/mol. The van der Waals surface area contributed by atoms with E-state index in [4.69, 9.17) is 14.6 Å². The number of anilines is 1. The smallest absolute Gasteiger partial charge is 0.303 e. The van der Waals surface area contributed by atoms with Gasteiger partial charge in [0.1, 0.15) is 17.2 Å². The van der Waals surface area contributed by atoms with Crippen LogP contribution >= 0.6 is 0 Å². The van der Waals surface area contributed by atoms with Gasteiger partial charge in [-0.3, -0.25) is 14.1 Å². The molecule has 0 saturated carbocycles. The zero-order valence-electron chi connectivity index (χ0n) is 18.9. The van der Waals surface area contributed by atoms with Crippen molar-refractivity contribution in [1.29, 1.82) is 0 Å². The Labute approximate surface area is 198 Å². The van der Waals surface area contributed by atoms with Crippen molar-refractivity contribution in [2.24, 2.45) is 0 Å². The number of hydrogen-bond acceptors (Lipinski definition) is 6. The Bertz CT molecular complexity index is 1260. The highest BCUT2D eigenvalue weighted by Crippen LogP contribution is 2.43. The summed E-state index contributed by atoms with van der Waals surface area (Å²) in [7, 11) is -3.87. The lowest BCUT2D eigenvalue weighted by Gasteiger charge is -2.20. The van der Waals surface area contributed by atoms with Crippen molar-refractivity contribution >= 4 is 21.7 Å². The van der Waals surface area contributed by atoms with Crippen molar-refractivity contribution in [2.75, 3.05) is 10.8 Å². The molecule has 1 aliphatic heterocycles. The fourth-order valence-corrected chi connectivity index (χ4v) is 5.49. The Balaban J connectivity index is 1.61. The number of fused-ring (bicyclic) bond motifs is 1. The quantitative estimate of drug-likeness (QED) is 0.466. The van der Waals surface area contributed by atoms with E-state index < -0.39 is 16.0 Å². The molecule has 0 radical (unpaired) electrons. The monoisotopic (exact) mass is 482 g/mol. The van der Waals surface area contributed by atoms with Crippen LogP contribution in [0.15, 0.2) is 71.9 Å². The molecule has 178 valence electrons. The van der Waals surface area contributed by atoms with Gasteiger partial charge in [0.05, 0.1) is 16.7 Å². The van der Waals surface area contributed by atoms with Crippen LogP contribution in [0.25, 0.3) is 0 Å². The van der Waals surface area contributed by atoms with E-state index in [0.29, 0.717) is 29.4 Å². The van der Waals surface area contributed by atoms with E-state index >= 15 is 0 Å². The van der Waals surface area contributed by atoms with Crippen LogP contribution in [0.4, 0.5) is 5.69 Å². The molecule has 1 aromatic heterocycles. The van der Waals surface area contributed by atoms with Crippen LogP contribution in [0.5, 0.6) is 17.2 Å². The maximum Gasteiger partial charge on any atom is 0.303 e. The molecule has 3 aromatic rings. The summed E-state index contributed by atoms with van der Waals surface area (Å²) in [6.07, 6.45) is 3.46. The van der Waals surface area contributed by atoms with E-state index in [-0.39, 0.29) is 29.9 Å². The lowest BCUT2D eigenvalue weighted by molar-refractivity contribution is -0.137. The minimum Gasteiger partial charge on any atom is -0.491 e. The van der Waals surface area contributed by atoms with Crippen LogP contribution in [0.2, 0.25) is 0 Å². The topological polar surface area (TPSA) is 106 Å². The zero-order chi connectivity index (χ0) is 24.3. The Morgan fingerprint density at radius 2 is 1.71 bits per heavy atom. The first-order chi connectivity index (χ1) is 16.2. The van der Waals surface area contributed by atoms with E-state index in [9.17, 15) is 13.2 Å². The van der Waals surface area contributed by atoms with Gasteiger partial charge in [-0.2, -0.15) is 0 Å². The number of nitrogens with zero attached hydrogens (tertiary/aromatic N) is 2. The molecule has 0 bridgehead atoms. The number of aliphatic carboxylic acids is 1. The molecule has 0 aliphatic carbocycles. The molecule has 2 aromatic carbocycles. The van der Waals surface area contributed by atoms with E-state index in [1.54, 1.807) is 48.8 Å². The second kappa shape index (κ2) is 9.72. The number of pyridine rings is 1. The highest BCUT2D eigenvalue weighted by Gasteiger charge is 2.37. The van der Waals surface area contributed by atoms with Gasteiger partial charge >= 0.3 is 5.97 Å². The minimum absolute atomic E-state index is 0.0374. The molecule has 2 heterocycles. The van der Waals surface area contributed by atoms with Crippen LogP contribution < -0.4 is 13.8 Å². The summed E-state index contributed by atoms with van der Waals surface area (Å²) < 4.78 is 39.9. The van der Waals surface area contributed by atoms with Crippen LogP contribution in [0.3, 0.4) is 0 Å². The van der Waals surface area contributed by atoms with Crippen LogP contribution in [-0.2, 0) is 14.8 Å². The van der Waals surface area contributed by atoms with Crippen molar-refractivity contribution in [3.8, 4) is 17.2 Å². The molecule has 34 heavy (non-hydrogen) atoms. The minimum atomic E-state index is -3.87. The summed E-state index contributed by atoms with van der Waals surface area (Å²) in [6.45, 7) is 3.99. The Hall–Kier alpha value is -3.59. The number of ether oxygens (including phenoxy) is 2. The number of carboxylic acids is 1. The number of aromatic nitrogens is 1. The third kappa shape index (κ3) is 5.14. The van der Waals surface area contributed by atoms with Crippen molar-refractivity contribution in [3.63, 3.8) is 0 Å². The number of benzene rings is 2. The van der Waals surface area contributed by atoms with Crippen molar-refractivity contribution in [1.82, 2.24) is 4.98 Å². The SMILES string of the molecule is CC(C)Oc1ccc2c(c1)C(CCC(=O)O)CN2S(=O)(=O)c1ccc(Oc2ccncc2)cc1. The van der Waals surface area contributed by atoms with Gasteiger partial charge in [0, 0.05) is 31.3 Å². The van der Waals surface area contributed by atoms with E-state index in [1.165, 1.54) is 16.4 Å². The molecule has 1 N–H and O–H groups in total. The summed E-state index contributed by atoms with van der Waals surface area (Å²) in [5, 5.41) is 9.16. The summed E-state index contributed by atoms with van der Waals surface area (Å²) in [5.74, 6) is 0.570. The van der Waals surface area contributed by atoms with E-state index in [2.05, 4.69) is 4.98 Å². The van der Waals surface area contributed by atoms with Gasteiger partial charge in [-0.25, -0.2) is 8.42 Å². The van der Waals surface area contributed by atoms with Crippen molar-refractivity contribution in [2.45, 2.75) is 43.6 Å². The Morgan fingerprint density at radius 3 is 2.35 bits per heavy atom. The van der Waals surface area contributed by atoms with Crippen molar-refractivity contribution in [3.05, 3.63) is 72.6 Å². The third-order valence-corrected chi connectivity index (χ3v) is 7.26. The molecular formula is C25H26N2O6S. The second-order valence-corrected chi connectivity index (χ2v) is 10.2. The fraction of sp³-hybridized carbons (Fsp3) is 0.280. The predicted molar refractivity (Wildman–Crippen MR) is 127 cm³/mol. The standard InChI is InChI=1S/C25H26N2O6S/c1-17(2)32-21-6-9-24-23(15-21)18(3-10-25(28)29)16-27(24)34(30,31)22-7-4-19(5-8-22)33-20-11-13-26-14-12-20/h4-9,11-15,17-18H,3,10,16H2,1-2H3,(H,28,29). The number of carbonyl (C=O) groups is 1.